The minimum Gasteiger partial charge on any atom is -0.478 e. The molecule has 5 nitrogen and oxygen atoms in total. The Labute approximate surface area is 122 Å². The van der Waals surface area contributed by atoms with Crippen LogP contribution in [0.3, 0.4) is 0 Å². The molecule has 2 N–H and O–H groups in total. The molecule has 0 aliphatic rings. The molecule has 0 aromatic heterocycles. The average molecular weight is 295 g/mol. The number of aliphatic carboxylic acids is 1. The molecular weight excluding hydrogens is 277 g/mol. The zero-order chi connectivity index (χ0) is 15.8. The summed E-state index contributed by atoms with van der Waals surface area (Å²) in [5, 5.41) is 11.2. The van der Waals surface area contributed by atoms with Gasteiger partial charge in [-0.1, -0.05) is 13.0 Å². The van der Waals surface area contributed by atoms with Crippen molar-refractivity contribution in [3.05, 3.63) is 41.2 Å². The SMILES string of the molecule is COCC(C)CNC(=O)c1cc(C=CC(=O)O)ccc1F. The third-order valence-corrected chi connectivity index (χ3v) is 2.72. The number of benzene rings is 1. The lowest BCUT2D eigenvalue weighted by molar-refractivity contribution is -0.131. The van der Waals surface area contributed by atoms with Gasteiger partial charge in [-0.15, -0.1) is 0 Å². The number of carbonyl (C=O) groups excluding carboxylic acids is 1. The zero-order valence-electron chi connectivity index (χ0n) is 11.9. The third kappa shape index (κ3) is 5.74. The van der Waals surface area contributed by atoms with Gasteiger partial charge >= 0.3 is 5.97 Å². The van der Waals surface area contributed by atoms with E-state index in [4.69, 9.17) is 9.84 Å². The van der Waals surface area contributed by atoms with E-state index in [1.807, 2.05) is 6.92 Å². The highest BCUT2D eigenvalue weighted by Gasteiger charge is 2.13. The molecule has 1 unspecified atom stereocenters. The standard InChI is InChI=1S/C15H18FNO4/c1-10(9-21-2)8-17-15(20)12-7-11(3-5-13(12)16)4-6-14(18)19/h3-7,10H,8-9H2,1-2H3,(H,17,20)(H,18,19). The topological polar surface area (TPSA) is 75.6 Å². The summed E-state index contributed by atoms with van der Waals surface area (Å²) in [5.41, 5.74) is 0.320. The van der Waals surface area contributed by atoms with Crippen LogP contribution in [0.1, 0.15) is 22.8 Å². The molecule has 0 aliphatic heterocycles. The Bertz CT molecular complexity index is 542. The van der Waals surface area contributed by atoms with Crippen LogP contribution in [0.15, 0.2) is 24.3 Å². The monoisotopic (exact) mass is 295 g/mol. The molecule has 6 heteroatoms. The Morgan fingerprint density at radius 1 is 1.48 bits per heavy atom. The molecule has 0 saturated carbocycles. The average Bonchev–Trinajstić information content (AvgIpc) is 2.44. The van der Waals surface area contributed by atoms with Crippen molar-refractivity contribution in [2.24, 2.45) is 5.92 Å². The first kappa shape index (κ1) is 16.8. The van der Waals surface area contributed by atoms with Crippen LogP contribution in [0.2, 0.25) is 0 Å². The normalized spacial score (nSPS) is 12.3. The van der Waals surface area contributed by atoms with Crippen molar-refractivity contribution in [2.75, 3.05) is 20.3 Å². The molecule has 0 aliphatic carbocycles. The predicted molar refractivity (Wildman–Crippen MR) is 76.4 cm³/mol. The van der Waals surface area contributed by atoms with Crippen molar-refractivity contribution in [2.45, 2.75) is 6.92 Å². The summed E-state index contributed by atoms with van der Waals surface area (Å²) in [6, 6.07) is 3.85. The molecule has 0 fully saturated rings. The molecular formula is C15H18FNO4. The van der Waals surface area contributed by atoms with E-state index in [0.717, 1.165) is 12.1 Å². The van der Waals surface area contributed by atoms with Gasteiger partial charge in [-0.25, -0.2) is 9.18 Å². The van der Waals surface area contributed by atoms with Gasteiger partial charge in [-0.3, -0.25) is 4.79 Å². The number of hydrogen-bond donors (Lipinski definition) is 2. The number of rotatable bonds is 7. The number of amides is 1. The number of carbonyl (C=O) groups is 2. The molecule has 0 bridgehead atoms. The van der Waals surface area contributed by atoms with Crippen molar-refractivity contribution in [1.29, 1.82) is 0 Å². The number of carboxylic acids is 1. The predicted octanol–water partition coefficient (Wildman–Crippen LogP) is 1.94. The van der Waals surface area contributed by atoms with Crippen molar-refractivity contribution in [1.82, 2.24) is 5.32 Å². The molecule has 114 valence electrons. The number of nitrogens with one attached hydrogen (secondary N) is 1. The first-order chi connectivity index (χ1) is 9.93. The van der Waals surface area contributed by atoms with Crippen molar-refractivity contribution >= 4 is 18.0 Å². The second kappa shape index (κ2) is 8.16. The van der Waals surface area contributed by atoms with E-state index >= 15 is 0 Å². The third-order valence-electron chi connectivity index (χ3n) is 2.72. The summed E-state index contributed by atoms with van der Waals surface area (Å²) in [6.45, 7) is 2.75. The lowest BCUT2D eigenvalue weighted by atomic mass is 10.1. The summed E-state index contributed by atoms with van der Waals surface area (Å²) in [5.74, 6) is -2.20. The van der Waals surface area contributed by atoms with Crippen LogP contribution in [-0.2, 0) is 9.53 Å². The molecule has 1 aromatic carbocycles. The summed E-state index contributed by atoms with van der Waals surface area (Å²) >= 11 is 0. The Hall–Kier alpha value is -2.21. The lowest BCUT2D eigenvalue weighted by Gasteiger charge is -2.12. The fraction of sp³-hybridized carbons (Fsp3) is 0.333. The Kier molecular flexibility index (Phi) is 6.55. The van der Waals surface area contributed by atoms with Gasteiger partial charge in [0.1, 0.15) is 5.82 Å². The minimum absolute atomic E-state index is 0.108. The fourth-order valence-corrected chi connectivity index (χ4v) is 1.69. The van der Waals surface area contributed by atoms with Crippen LogP contribution in [0.4, 0.5) is 4.39 Å². The number of halogens is 1. The van der Waals surface area contributed by atoms with Crippen LogP contribution in [0.5, 0.6) is 0 Å². The molecule has 0 saturated heterocycles. The molecule has 1 atom stereocenters. The second-order valence-corrected chi connectivity index (χ2v) is 4.68. The zero-order valence-corrected chi connectivity index (χ0v) is 11.9. The van der Waals surface area contributed by atoms with E-state index < -0.39 is 17.7 Å². The van der Waals surface area contributed by atoms with E-state index in [2.05, 4.69) is 5.32 Å². The van der Waals surface area contributed by atoms with E-state index in [0.29, 0.717) is 18.7 Å². The van der Waals surface area contributed by atoms with Gasteiger partial charge in [0.15, 0.2) is 0 Å². The smallest absolute Gasteiger partial charge is 0.328 e. The van der Waals surface area contributed by atoms with Crippen molar-refractivity contribution in [3.63, 3.8) is 0 Å². The first-order valence-electron chi connectivity index (χ1n) is 6.41. The summed E-state index contributed by atoms with van der Waals surface area (Å²) in [4.78, 5) is 22.4. The van der Waals surface area contributed by atoms with Gasteiger partial charge in [-0.05, 0) is 29.7 Å². The Balaban J connectivity index is 2.78. The van der Waals surface area contributed by atoms with E-state index in [9.17, 15) is 14.0 Å². The number of carboxylic acid groups (broad SMARTS) is 1. The maximum Gasteiger partial charge on any atom is 0.328 e. The molecule has 0 radical (unpaired) electrons. The highest BCUT2D eigenvalue weighted by molar-refractivity contribution is 5.95. The maximum atomic E-state index is 13.7. The molecule has 0 heterocycles. The fourth-order valence-electron chi connectivity index (χ4n) is 1.69. The maximum absolute atomic E-state index is 13.7. The van der Waals surface area contributed by atoms with Gasteiger partial charge in [0.05, 0.1) is 12.2 Å². The van der Waals surface area contributed by atoms with Crippen LogP contribution >= 0.6 is 0 Å². The van der Waals surface area contributed by atoms with Gasteiger partial charge in [0.25, 0.3) is 5.91 Å². The lowest BCUT2D eigenvalue weighted by Crippen LogP contribution is -2.30. The summed E-state index contributed by atoms with van der Waals surface area (Å²) in [6.07, 6.45) is 2.22. The summed E-state index contributed by atoms with van der Waals surface area (Å²) in [7, 11) is 1.57. The molecule has 0 spiro atoms. The van der Waals surface area contributed by atoms with Crippen LogP contribution in [-0.4, -0.2) is 37.2 Å². The van der Waals surface area contributed by atoms with Crippen LogP contribution < -0.4 is 5.32 Å². The molecule has 21 heavy (non-hydrogen) atoms. The van der Waals surface area contributed by atoms with Gasteiger partial charge < -0.3 is 15.2 Å². The number of ether oxygens (including phenoxy) is 1. The number of methoxy groups -OCH3 is 1. The largest absolute Gasteiger partial charge is 0.478 e. The first-order valence-corrected chi connectivity index (χ1v) is 6.41. The van der Waals surface area contributed by atoms with Crippen LogP contribution in [0.25, 0.3) is 6.08 Å². The van der Waals surface area contributed by atoms with E-state index in [-0.39, 0.29) is 11.5 Å². The summed E-state index contributed by atoms with van der Waals surface area (Å²) < 4.78 is 18.6. The minimum atomic E-state index is -1.11. The Morgan fingerprint density at radius 2 is 2.19 bits per heavy atom. The highest BCUT2D eigenvalue weighted by Crippen LogP contribution is 2.12. The van der Waals surface area contributed by atoms with Crippen molar-refractivity contribution in [3.8, 4) is 0 Å². The molecule has 1 amide bonds. The molecule has 1 rings (SSSR count). The van der Waals surface area contributed by atoms with Crippen molar-refractivity contribution < 1.29 is 23.8 Å². The second-order valence-electron chi connectivity index (χ2n) is 4.68. The Morgan fingerprint density at radius 3 is 2.81 bits per heavy atom. The van der Waals surface area contributed by atoms with E-state index in [1.54, 1.807) is 7.11 Å². The van der Waals surface area contributed by atoms with E-state index in [1.165, 1.54) is 18.2 Å². The van der Waals surface area contributed by atoms with Crippen LogP contribution in [0, 0.1) is 11.7 Å². The van der Waals surface area contributed by atoms with Gasteiger partial charge in [-0.2, -0.15) is 0 Å². The van der Waals surface area contributed by atoms with Gasteiger partial charge in [0.2, 0.25) is 0 Å². The number of hydrogen-bond acceptors (Lipinski definition) is 3. The molecule has 1 aromatic rings. The van der Waals surface area contributed by atoms with Gasteiger partial charge in [0, 0.05) is 19.7 Å². The quantitative estimate of drug-likeness (QED) is 0.754. The highest BCUT2D eigenvalue weighted by atomic mass is 19.1.